The third kappa shape index (κ3) is 1.95. The van der Waals surface area contributed by atoms with Gasteiger partial charge in [-0.3, -0.25) is 4.79 Å². The number of hydrogen-bond donors (Lipinski definition) is 2. The molecule has 1 saturated heterocycles. The lowest BCUT2D eigenvalue weighted by Crippen LogP contribution is -2.45. The fourth-order valence-electron chi connectivity index (χ4n) is 2.34. The van der Waals surface area contributed by atoms with E-state index in [2.05, 4.69) is 15.6 Å². The van der Waals surface area contributed by atoms with Crippen LogP contribution in [0.2, 0.25) is 0 Å². The van der Waals surface area contributed by atoms with E-state index in [0.717, 1.165) is 0 Å². The maximum absolute atomic E-state index is 13.4. The molecule has 0 radical (unpaired) electrons. The minimum Gasteiger partial charge on any atom is -0.371 e. The zero-order valence-electron chi connectivity index (χ0n) is 10.3. The number of halogens is 1. The number of aryl methyl sites for hydroxylation is 1. The van der Waals surface area contributed by atoms with Gasteiger partial charge >= 0.3 is 0 Å². The molecule has 2 atom stereocenters. The number of aromatic nitrogens is 3. The van der Waals surface area contributed by atoms with Crippen LogP contribution in [0.1, 0.15) is 24.4 Å². The van der Waals surface area contributed by atoms with Crippen molar-refractivity contribution in [2.24, 2.45) is 0 Å². The van der Waals surface area contributed by atoms with Crippen LogP contribution in [-0.4, -0.2) is 32.2 Å². The van der Waals surface area contributed by atoms with Gasteiger partial charge in [-0.1, -0.05) is 5.21 Å². The average Bonchev–Trinajstić information content (AvgIpc) is 2.73. The van der Waals surface area contributed by atoms with Crippen molar-refractivity contribution in [1.82, 2.24) is 20.3 Å². The summed E-state index contributed by atoms with van der Waals surface area (Å²) in [5, 5.41) is 20.2. The number of hydrogen-bond acceptors (Lipinski definition) is 4. The first kappa shape index (κ1) is 12.0. The van der Waals surface area contributed by atoms with Gasteiger partial charge in [0.1, 0.15) is 17.6 Å². The predicted molar refractivity (Wildman–Crippen MR) is 64.6 cm³/mol. The Labute approximate surface area is 108 Å². The van der Waals surface area contributed by atoms with Crippen LogP contribution in [0.4, 0.5) is 4.39 Å². The minimum absolute atomic E-state index is 0.185. The number of amides is 1. The minimum atomic E-state index is -1.00. The van der Waals surface area contributed by atoms with Gasteiger partial charge in [-0.15, -0.1) is 5.10 Å². The molecule has 0 aliphatic carbocycles. The summed E-state index contributed by atoms with van der Waals surface area (Å²) in [7, 11) is 0. The molecule has 1 aromatic heterocycles. The van der Waals surface area contributed by atoms with Gasteiger partial charge in [-0.05, 0) is 25.0 Å². The van der Waals surface area contributed by atoms with E-state index < -0.39 is 6.23 Å². The monoisotopic (exact) mass is 264 g/mol. The van der Waals surface area contributed by atoms with Crippen LogP contribution < -0.4 is 5.32 Å². The zero-order chi connectivity index (χ0) is 13.6. The summed E-state index contributed by atoms with van der Waals surface area (Å²) in [6.07, 6.45) is -0.206. The second-order valence-electron chi connectivity index (χ2n) is 4.74. The Hall–Kier alpha value is -2.02. The van der Waals surface area contributed by atoms with Gasteiger partial charge in [0.25, 0.3) is 0 Å². The molecule has 1 aromatic carbocycles. The number of aliphatic hydroxyl groups excluding tert-OH is 1. The highest BCUT2D eigenvalue weighted by molar-refractivity contribution is 5.78. The highest BCUT2D eigenvalue weighted by Gasteiger charge is 2.30. The van der Waals surface area contributed by atoms with Crippen LogP contribution in [0, 0.1) is 12.7 Å². The third-order valence-corrected chi connectivity index (χ3v) is 3.41. The van der Waals surface area contributed by atoms with E-state index in [1.165, 1.54) is 6.07 Å². The molecule has 2 N–H and O–H groups in total. The predicted octanol–water partition coefficient (Wildman–Crippen LogP) is 0.648. The van der Waals surface area contributed by atoms with Crippen LogP contribution in [-0.2, 0) is 4.79 Å². The van der Waals surface area contributed by atoms with Crippen molar-refractivity contribution in [1.29, 1.82) is 0 Å². The van der Waals surface area contributed by atoms with E-state index >= 15 is 0 Å². The third-order valence-electron chi connectivity index (χ3n) is 3.41. The highest BCUT2D eigenvalue weighted by Crippen LogP contribution is 2.25. The van der Waals surface area contributed by atoms with Gasteiger partial charge in [-0.25, -0.2) is 9.07 Å². The molecule has 2 aromatic rings. The van der Waals surface area contributed by atoms with Gasteiger partial charge in [0.2, 0.25) is 5.91 Å². The molecule has 19 heavy (non-hydrogen) atoms. The first-order chi connectivity index (χ1) is 9.06. The van der Waals surface area contributed by atoms with Crippen molar-refractivity contribution in [2.45, 2.75) is 32.0 Å². The zero-order valence-corrected chi connectivity index (χ0v) is 10.3. The van der Waals surface area contributed by atoms with Crippen molar-refractivity contribution in [3.63, 3.8) is 0 Å². The molecule has 2 unspecified atom stereocenters. The van der Waals surface area contributed by atoms with Crippen molar-refractivity contribution in [3.8, 4) is 0 Å². The normalized spacial score (nSPS) is 23.6. The molecule has 0 saturated carbocycles. The molecule has 3 rings (SSSR count). The number of aliphatic hydroxyl groups is 1. The van der Waals surface area contributed by atoms with E-state index in [1.807, 2.05) is 0 Å². The number of fused-ring (bicyclic) bond motifs is 1. The highest BCUT2D eigenvalue weighted by atomic mass is 19.1. The maximum atomic E-state index is 13.4. The van der Waals surface area contributed by atoms with Crippen LogP contribution >= 0.6 is 0 Å². The van der Waals surface area contributed by atoms with E-state index in [4.69, 9.17) is 0 Å². The van der Waals surface area contributed by atoms with Gasteiger partial charge in [0.05, 0.1) is 11.6 Å². The molecule has 1 amide bonds. The Kier molecular flexibility index (Phi) is 2.70. The smallest absolute Gasteiger partial charge is 0.222 e. The summed E-state index contributed by atoms with van der Waals surface area (Å²) < 4.78 is 15.0. The van der Waals surface area contributed by atoms with E-state index in [-0.39, 0.29) is 17.8 Å². The molecule has 7 heteroatoms. The topological polar surface area (TPSA) is 80.0 Å². The Morgan fingerprint density at radius 1 is 1.53 bits per heavy atom. The van der Waals surface area contributed by atoms with Crippen LogP contribution in [0.25, 0.3) is 11.0 Å². The number of nitrogens with one attached hydrogen (secondary N) is 1. The number of piperidine rings is 1. The SMILES string of the molecule is Cc1cc2c(cc1F)nnn2C1CCC(=O)NC1O. The van der Waals surface area contributed by atoms with Crippen molar-refractivity contribution >= 4 is 16.9 Å². The largest absolute Gasteiger partial charge is 0.371 e. The van der Waals surface area contributed by atoms with Gasteiger partial charge < -0.3 is 10.4 Å². The molecular formula is C12H13FN4O2. The Bertz CT molecular complexity index is 654. The molecule has 0 spiro atoms. The summed E-state index contributed by atoms with van der Waals surface area (Å²) in [5.74, 6) is -0.521. The maximum Gasteiger partial charge on any atom is 0.222 e. The molecule has 6 nitrogen and oxygen atoms in total. The van der Waals surface area contributed by atoms with Crippen molar-refractivity contribution < 1.29 is 14.3 Å². The molecular weight excluding hydrogens is 251 g/mol. The van der Waals surface area contributed by atoms with Crippen LogP contribution in [0.3, 0.4) is 0 Å². The van der Waals surface area contributed by atoms with Crippen molar-refractivity contribution in [3.05, 3.63) is 23.5 Å². The summed E-state index contributed by atoms with van der Waals surface area (Å²) in [6, 6.07) is 2.59. The van der Waals surface area contributed by atoms with E-state index in [1.54, 1.807) is 17.7 Å². The average molecular weight is 264 g/mol. The Balaban J connectivity index is 2.05. The van der Waals surface area contributed by atoms with Crippen molar-refractivity contribution in [2.75, 3.05) is 0 Å². The fraction of sp³-hybridized carbons (Fsp3) is 0.417. The van der Waals surface area contributed by atoms with E-state index in [0.29, 0.717) is 29.4 Å². The summed E-state index contributed by atoms with van der Waals surface area (Å²) in [6.45, 7) is 1.66. The quantitative estimate of drug-likeness (QED) is 0.792. The fourth-order valence-corrected chi connectivity index (χ4v) is 2.34. The molecule has 1 aliphatic rings. The van der Waals surface area contributed by atoms with Gasteiger partial charge in [-0.2, -0.15) is 0 Å². The lowest BCUT2D eigenvalue weighted by atomic mass is 10.0. The standard InChI is InChI=1S/C12H13FN4O2/c1-6-4-10-8(5-7(6)13)15-16-17(10)9-2-3-11(18)14-12(9)19/h4-5,9,12,19H,2-3H2,1H3,(H,14,18). The first-order valence-electron chi connectivity index (χ1n) is 6.05. The summed E-state index contributed by atoms with van der Waals surface area (Å²) in [5.41, 5.74) is 1.58. The van der Waals surface area contributed by atoms with Gasteiger partial charge in [0, 0.05) is 12.5 Å². The molecule has 1 fully saturated rings. The number of nitrogens with zero attached hydrogens (tertiary/aromatic N) is 3. The van der Waals surface area contributed by atoms with E-state index in [9.17, 15) is 14.3 Å². The number of carbonyl (C=O) groups excluding carboxylic acids is 1. The van der Waals surface area contributed by atoms with Crippen LogP contribution in [0.5, 0.6) is 0 Å². The number of benzene rings is 1. The number of rotatable bonds is 1. The van der Waals surface area contributed by atoms with Crippen LogP contribution in [0.15, 0.2) is 12.1 Å². The Morgan fingerprint density at radius 3 is 3.05 bits per heavy atom. The lowest BCUT2D eigenvalue weighted by Gasteiger charge is -2.28. The summed E-state index contributed by atoms with van der Waals surface area (Å²) >= 11 is 0. The summed E-state index contributed by atoms with van der Waals surface area (Å²) in [4.78, 5) is 11.2. The number of carbonyl (C=O) groups is 1. The molecule has 1 aliphatic heterocycles. The van der Waals surface area contributed by atoms with Gasteiger partial charge in [0.15, 0.2) is 0 Å². The molecule has 0 bridgehead atoms. The first-order valence-corrected chi connectivity index (χ1v) is 6.05. The second-order valence-corrected chi connectivity index (χ2v) is 4.74. The second kappa shape index (κ2) is 4.27. The lowest BCUT2D eigenvalue weighted by molar-refractivity contribution is -0.128. The Morgan fingerprint density at radius 2 is 2.32 bits per heavy atom. The molecule has 100 valence electrons. The molecule has 2 heterocycles.